The van der Waals surface area contributed by atoms with Gasteiger partial charge < -0.3 is 10.4 Å². The maximum absolute atomic E-state index is 11.5. The summed E-state index contributed by atoms with van der Waals surface area (Å²) in [7, 11) is 0. The number of aromatic amines is 1. The molecule has 1 aromatic heterocycles. The molecule has 0 radical (unpaired) electrons. The third kappa shape index (κ3) is 3.87. The molecule has 0 bridgehead atoms. The zero-order valence-corrected chi connectivity index (χ0v) is 9.47. The van der Waals surface area contributed by atoms with E-state index < -0.39 is 17.0 Å². The second-order valence-electron chi connectivity index (χ2n) is 3.59. The van der Waals surface area contributed by atoms with Crippen molar-refractivity contribution in [1.29, 1.82) is 0 Å². The summed E-state index contributed by atoms with van der Waals surface area (Å²) in [5.41, 5.74) is -0.914. The monoisotopic (exact) mass is 241 g/mol. The van der Waals surface area contributed by atoms with Crippen LogP contribution in [0.5, 0.6) is 0 Å². The molecule has 0 spiro atoms. The second-order valence-corrected chi connectivity index (χ2v) is 3.59. The zero-order valence-electron chi connectivity index (χ0n) is 9.47. The lowest BCUT2D eigenvalue weighted by atomic mass is 10.2. The predicted molar refractivity (Wildman–Crippen MR) is 60.6 cm³/mol. The largest absolute Gasteiger partial charge is 0.394 e. The molecule has 0 aromatic carbocycles. The van der Waals surface area contributed by atoms with Crippen LogP contribution in [0, 0.1) is 0 Å². The Morgan fingerprint density at radius 3 is 2.82 bits per heavy atom. The Labute approximate surface area is 97.1 Å². The molecule has 1 rings (SSSR count). The lowest BCUT2D eigenvalue weighted by Crippen LogP contribution is -2.41. The normalized spacial score (nSPS) is 12.1. The highest BCUT2D eigenvalue weighted by Gasteiger charge is 2.10. The molecule has 1 atom stereocenters. The van der Waals surface area contributed by atoms with Gasteiger partial charge in [0.1, 0.15) is 6.54 Å². The zero-order chi connectivity index (χ0) is 12.8. The van der Waals surface area contributed by atoms with Crippen molar-refractivity contribution in [3.63, 3.8) is 0 Å². The van der Waals surface area contributed by atoms with Crippen molar-refractivity contribution in [1.82, 2.24) is 15.1 Å². The first-order valence-electron chi connectivity index (χ1n) is 5.27. The number of aliphatic hydroxyl groups is 1. The molecule has 0 aliphatic carbocycles. The van der Waals surface area contributed by atoms with Crippen LogP contribution in [0.15, 0.2) is 21.7 Å². The first-order valence-corrected chi connectivity index (χ1v) is 5.27. The highest BCUT2D eigenvalue weighted by Crippen LogP contribution is 1.88. The van der Waals surface area contributed by atoms with Gasteiger partial charge in [-0.25, -0.2) is 4.68 Å². The van der Waals surface area contributed by atoms with Gasteiger partial charge in [0.25, 0.3) is 11.1 Å². The fourth-order valence-electron chi connectivity index (χ4n) is 1.27. The summed E-state index contributed by atoms with van der Waals surface area (Å²) in [6.07, 6.45) is 0.586. The van der Waals surface area contributed by atoms with Gasteiger partial charge in [0.05, 0.1) is 12.6 Å². The van der Waals surface area contributed by atoms with Gasteiger partial charge in [-0.2, -0.15) is 0 Å². The number of hydrogen-bond donors (Lipinski definition) is 3. The SMILES string of the molecule is CC[C@H](CO)NC(=O)Cn1[nH]c(=O)ccc1=O. The van der Waals surface area contributed by atoms with Gasteiger partial charge in [0.15, 0.2) is 0 Å². The molecule has 1 heterocycles. The van der Waals surface area contributed by atoms with E-state index in [2.05, 4.69) is 10.4 Å². The van der Waals surface area contributed by atoms with E-state index in [0.717, 1.165) is 16.8 Å². The number of hydrogen-bond acceptors (Lipinski definition) is 4. The van der Waals surface area contributed by atoms with Crippen LogP contribution in [-0.2, 0) is 11.3 Å². The fourth-order valence-corrected chi connectivity index (χ4v) is 1.27. The first-order chi connectivity index (χ1) is 8.06. The van der Waals surface area contributed by atoms with E-state index in [1.165, 1.54) is 0 Å². The molecule has 0 saturated heterocycles. The third-order valence-electron chi connectivity index (χ3n) is 2.27. The van der Waals surface area contributed by atoms with Crippen LogP contribution in [0.4, 0.5) is 0 Å². The van der Waals surface area contributed by atoms with Crippen LogP contribution >= 0.6 is 0 Å². The minimum absolute atomic E-state index is 0.164. The molecular weight excluding hydrogens is 226 g/mol. The van der Waals surface area contributed by atoms with E-state index in [0.29, 0.717) is 6.42 Å². The van der Waals surface area contributed by atoms with Gasteiger partial charge in [0, 0.05) is 12.1 Å². The number of nitrogens with zero attached hydrogens (tertiary/aromatic N) is 1. The van der Waals surface area contributed by atoms with E-state index >= 15 is 0 Å². The van der Waals surface area contributed by atoms with Crippen LogP contribution in [0.3, 0.4) is 0 Å². The van der Waals surface area contributed by atoms with Gasteiger partial charge >= 0.3 is 0 Å². The first kappa shape index (κ1) is 13.2. The van der Waals surface area contributed by atoms with Crippen LogP contribution in [0.25, 0.3) is 0 Å². The molecule has 1 aromatic rings. The molecule has 0 unspecified atom stereocenters. The van der Waals surface area contributed by atoms with Crippen molar-refractivity contribution in [2.24, 2.45) is 0 Å². The van der Waals surface area contributed by atoms with Gasteiger partial charge in [-0.05, 0) is 6.42 Å². The quantitative estimate of drug-likeness (QED) is 0.579. The van der Waals surface area contributed by atoms with Crippen LogP contribution in [0.2, 0.25) is 0 Å². The summed E-state index contributed by atoms with van der Waals surface area (Å²) in [5.74, 6) is -0.435. The molecule has 0 fully saturated rings. The van der Waals surface area contributed by atoms with Crippen molar-refractivity contribution in [2.75, 3.05) is 6.61 Å². The van der Waals surface area contributed by atoms with E-state index in [1.807, 2.05) is 6.92 Å². The highest BCUT2D eigenvalue weighted by molar-refractivity contribution is 5.75. The summed E-state index contributed by atoms with van der Waals surface area (Å²) < 4.78 is 0.918. The maximum Gasteiger partial charge on any atom is 0.265 e. The number of H-pyrrole nitrogens is 1. The lowest BCUT2D eigenvalue weighted by molar-refractivity contribution is -0.123. The Hall–Kier alpha value is -1.89. The van der Waals surface area contributed by atoms with Gasteiger partial charge in [-0.3, -0.25) is 19.5 Å². The standard InChI is InChI=1S/C10H15N3O4/c1-2-7(6-14)11-9(16)5-13-10(17)4-3-8(15)12-13/h3-4,7,14H,2,5-6H2,1H3,(H,11,16)(H,12,15)/t7-/m1/s1. The average molecular weight is 241 g/mol. The Balaban J connectivity index is 2.71. The van der Waals surface area contributed by atoms with Crippen molar-refractivity contribution in [3.8, 4) is 0 Å². The molecule has 0 aliphatic heterocycles. The van der Waals surface area contributed by atoms with Gasteiger partial charge in [-0.1, -0.05) is 6.92 Å². The molecular formula is C10H15N3O4. The Kier molecular flexibility index (Phi) is 4.65. The van der Waals surface area contributed by atoms with Crippen LogP contribution in [-0.4, -0.2) is 33.4 Å². The second kappa shape index (κ2) is 6.00. The summed E-state index contributed by atoms with van der Waals surface area (Å²) in [6.45, 7) is 1.38. The van der Waals surface area contributed by atoms with Crippen molar-refractivity contribution < 1.29 is 9.90 Å². The van der Waals surface area contributed by atoms with E-state index in [9.17, 15) is 14.4 Å². The van der Waals surface area contributed by atoms with E-state index in [1.54, 1.807) is 0 Å². The minimum atomic E-state index is -0.461. The predicted octanol–water partition coefficient (Wildman–Crippen LogP) is -1.58. The topological polar surface area (TPSA) is 104 Å². The third-order valence-corrected chi connectivity index (χ3v) is 2.27. The summed E-state index contributed by atoms with van der Waals surface area (Å²) >= 11 is 0. The number of rotatable bonds is 5. The van der Waals surface area contributed by atoms with Gasteiger partial charge in [0.2, 0.25) is 5.91 Å². The highest BCUT2D eigenvalue weighted by atomic mass is 16.3. The molecule has 17 heavy (non-hydrogen) atoms. The fraction of sp³-hybridized carbons (Fsp3) is 0.500. The molecule has 7 nitrogen and oxygen atoms in total. The Morgan fingerprint density at radius 2 is 2.24 bits per heavy atom. The smallest absolute Gasteiger partial charge is 0.265 e. The Bertz CT molecular complexity index is 487. The number of nitrogens with one attached hydrogen (secondary N) is 2. The van der Waals surface area contributed by atoms with E-state index in [4.69, 9.17) is 5.11 Å². The number of aromatic nitrogens is 2. The molecule has 1 amide bonds. The number of amides is 1. The molecule has 0 aliphatic rings. The molecule has 3 N–H and O–H groups in total. The summed E-state index contributed by atoms with van der Waals surface area (Å²) in [6, 6.07) is 1.85. The molecule has 94 valence electrons. The lowest BCUT2D eigenvalue weighted by Gasteiger charge is -2.14. The van der Waals surface area contributed by atoms with Crippen molar-refractivity contribution in [2.45, 2.75) is 25.9 Å². The number of carbonyl (C=O) groups excluding carboxylic acids is 1. The maximum atomic E-state index is 11.5. The average Bonchev–Trinajstić information content (AvgIpc) is 2.31. The summed E-state index contributed by atoms with van der Waals surface area (Å²) in [5, 5.41) is 13.7. The van der Waals surface area contributed by atoms with Crippen LogP contribution in [0.1, 0.15) is 13.3 Å². The van der Waals surface area contributed by atoms with Crippen molar-refractivity contribution >= 4 is 5.91 Å². The van der Waals surface area contributed by atoms with Gasteiger partial charge in [-0.15, -0.1) is 0 Å². The summed E-state index contributed by atoms with van der Waals surface area (Å²) in [4.78, 5) is 33.8. The van der Waals surface area contributed by atoms with Crippen LogP contribution < -0.4 is 16.4 Å². The number of aliphatic hydroxyl groups excluding tert-OH is 1. The Morgan fingerprint density at radius 1 is 1.53 bits per heavy atom. The minimum Gasteiger partial charge on any atom is -0.394 e. The van der Waals surface area contributed by atoms with Crippen molar-refractivity contribution in [3.05, 3.63) is 32.8 Å². The molecule has 7 heteroatoms. The number of carbonyl (C=O) groups is 1. The molecule has 0 saturated carbocycles. The van der Waals surface area contributed by atoms with E-state index in [-0.39, 0.29) is 19.2 Å².